The van der Waals surface area contributed by atoms with Crippen LogP contribution in [0.3, 0.4) is 0 Å². The topological polar surface area (TPSA) is 84.9 Å². The first-order chi connectivity index (χ1) is 13.1. The van der Waals surface area contributed by atoms with Crippen molar-refractivity contribution in [1.82, 2.24) is 0 Å². The van der Waals surface area contributed by atoms with Gasteiger partial charge in [-0.2, -0.15) is 0 Å². The van der Waals surface area contributed by atoms with E-state index in [-0.39, 0.29) is 0 Å². The molecule has 2 aromatic rings. The highest BCUT2D eigenvalue weighted by Gasteiger charge is 2.30. The number of hydrogen-bond acceptors (Lipinski definition) is 5. The van der Waals surface area contributed by atoms with Crippen LogP contribution in [-0.2, 0) is 14.8 Å². The van der Waals surface area contributed by atoms with Crippen LogP contribution in [0.15, 0.2) is 36.4 Å². The summed E-state index contributed by atoms with van der Waals surface area (Å²) in [5.41, 5.74) is 3.06. The molecule has 0 radical (unpaired) electrons. The smallest absolute Gasteiger partial charge is 0.247 e. The summed E-state index contributed by atoms with van der Waals surface area (Å²) < 4.78 is 36.4. The molecule has 8 heteroatoms. The molecule has 0 saturated heterocycles. The highest BCUT2D eigenvalue weighted by molar-refractivity contribution is 7.92. The number of rotatable bonds is 7. The zero-order chi connectivity index (χ0) is 21.1. The van der Waals surface area contributed by atoms with E-state index in [9.17, 15) is 13.2 Å². The molecule has 28 heavy (non-hydrogen) atoms. The Morgan fingerprint density at radius 3 is 2.18 bits per heavy atom. The quantitative estimate of drug-likeness (QED) is 0.764. The lowest BCUT2D eigenvalue weighted by Crippen LogP contribution is -2.45. The van der Waals surface area contributed by atoms with E-state index in [0.29, 0.717) is 22.9 Å². The number of sulfonamides is 1. The standard InChI is InChI=1S/C20H26N2O5S/c1-13-7-8-16(11-14(13)2)21-20(23)15(3)22(28(6,24)25)17-9-10-18(26-4)19(12-17)27-5/h7-12,15H,1-6H3,(H,21,23)/t15-/m1/s1. The van der Waals surface area contributed by atoms with E-state index < -0.39 is 22.0 Å². The lowest BCUT2D eigenvalue weighted by molar-refractivity contribution is -0.116. The van der Waals surface area contributed by atoms with Crippen molar-refractivity contribution in [3.05, 3.63) is 47.5 Å². The predicted molar refractivity (Wildman–Crippen MR) is 111 cm³/mol. The van der Waals surface area contributed by atoms with Crippen LogP contribution >= 0.6 is 0 Å². The summed E-state index contributed by atoms with van der Waals surface area (Å²) in [5, 5.41) is 2.78. The summed E-state index contributed by atoms with van der Waals surface area (Å²) in [6.07, 6.45) is 1.06. The number of carbonyl (C=O) groups excluding carboxylic acids is 1. The van der Waals surface area contributed by atoms with Gasteiger partial charge in [-0.05, 0) is 56.2 Å². The Kier molecular flexibility index (Phi) is 6.56. The van der Waals surface area contributed by atoms with Crippen molar-refractivity contribution in [2.75, 3.05) is 30.1 Å². The van der Waals surface area contributed by atoms with Crippen LogP contribution in [0.1, 0.15) is 18.1 Å². The maximum absolute atomic E-state index is 12.8. The number of benzene rings is 2. The van der Waals surface area contributed by atoms with Gasteiger partial charge >= 0.3 is 0 Å². The molecule has 0 aliphatic carbocycles. The van der Waals surface area contributed by atoms with E-state index in [1.54, 1.807) is 18.2 Å². The Labute approximate surface area is 166 Å². The molecule has 0 aliphatic heterocycles. The monoisotopic (exact) mass is 406 g/mol. The number of ether oxygens (including phenoxy) is 2. The van der Waals surface area contributed by atoms with Gasteiger partial charge in [-0.3, -0.25) is 9.10 Å². The molecule has 1 N–H and O–H groups in total. The van der Waals surface area contributed by atoms with Crippen LogP contribution < -0.4 is 19.1 Å². The molecule has 2 rings (SSSR count). The lowest BCUT2D eigenvalue weighted by Gasteiger charge is -2.28. The average molecular weight is 407 g/mol. The van der Waals surface area contributed by atoms with Crippen molar-refractivity contribution in [3.63, 3.8) is 0 Å². The molecule has 7 nitrogen and oxygen atoms in total. The molecule has 0 heterocycles. The molecule has 0 fully saturated rings. The fraction of sp³-hybridized carbons (Fsp3) is 0.350. The van der Waals surface area contributed by atoms with Gasteiger partial charge < -0.3 is 14.8 Å². The molecule has 0 aromatic heterocycles. The molecule has 0 unspecified atom stereocenters. The van der Waals surface area contributed by atoms with Crippen molar-refractivity contribution >= 4 is 27.3 Å². The molecule has 0 saturated carbocycles. The molecule has 1 atom stereocenters. The second kappa shape index (κ2) is 8.52. The van der Waals surface area contributed by atoms with Crippen LogP contribution in [-0.4, -0.2) is 40.8 Å². The predicted octanol–water partition coefficient (Wildman–Crippen LogP) is 3.11. The number of amides is 1. The van der Waals surface area contributed by atoms with Crippen LogP contribution in [0, 0.1) is 13.8 Å². The summed E-state index contributed by atoms with van der Waals surface area (Å²) >= 11 is 0. The number of carbonyl (C=O) groups is 1. The van der Waals surface area contributed by atoms with Crippen LogP contribution in [0.4, 0.5) is 11.4 Å². The molecule has 0 spiro atoms. The fourth-order valence-corrected chi connectivity index (χ4v) is 4.00. The number of aryl methyl sites for hydroxylation is 2. The van der Waals surface area contributed by atoms with Crippen molar-refractivity contribution in [2.45, 2.75) is 26.8 Å². The van der Waals surface area contributed by atoms with Gasteiger partial charge in [-0.15, -0.1) is 0 Å². The van der Waals surface area contributed by atoms with E-state index in [2.05, 4.69) is 5.32 Å². The largest absolute Gasteiger partial charge is 0.493 e. The number of methoxy groups -OCH3 is 2. The minimum absolute atomic E-state index is 0.308. The van der Waals surface area contributed by atoms with Gasteiger partial charge in [0.2, 0.25) is 15.9 Å². The summed E-state index contributed by atoms with van der Waals surface area (Å²) in [6.45, 7) is 5.46. The Balaban J connectivity index is 2.37. The third-order valence-corrected chi connectivity index (χ3v) is 5.73. The second-order valence-corrected chi connectivity index (χ2v) is 8.42. The van der Waals surface area contributed by atoms with Gasteiger partial charge in [-0.1, -0.05) is 6.07 Å². The van der Waals surface area contributed by atoms with Gasteiger partial charge in [0.25, 0.3) is 0 Å². The SMILES string of the molecule is COc1ccc(N([C@H](C)C(=O)Nc2ccc(C)c(C)c2)S(C)(=O)=O)cc1OC. The van der Waals surface area contributed by atoms with Crippen LogP contribution in [0.5, 0.6) is 11.5 Å². The average Bonchev–Trinajstić information content (AvgIpc) is 2.63. The van der Waals surface area contributed by atoms with Gasteiger partial charge in [0.15, 0.2) is 11.5 Å². The highest BCUT2D eigenvalue weighted by atomic mass is 32.2. The summed E-state index contributed by atoms with van der Waals surface area (Å²) in [7, 11) is -0.786. The highest BCUT2D eigenvalue weighted by Crippen LogP contribution is 2.33. The van der Waals surface area contributed by atoms with E-state index in [0.717, 1.165) is 21.7 Å². The van der Waals surface area contributed by atoms with Crippen molar-refractivity contribution < 1.29 is 22.7 Å². The Hall–Kier alpha value is -2.74. The van der Waals surface area contributed by atoms with Crippen molar-refractivity contribution in [3.8, 4) is 11.5 Å². The summed E-state index contributed by atoms with van der Waals surface area (Å²) in [5.74, 6) is 0.394. The molecule has 1 amide bonds. The summed E-state index contributed by atoms with van der Waals surface area (Å²) in [6, 6.07) is 9.25. The Bertz CT molecular complexity index is 973. The normalized spacial score (nSPS) is 12.2. The summed E-state index contributed by atoms with van der Waals surface area (Å²) in [4.78, 5) is 12.8. The maximum atomic E-state index is 12.8. The van der Waals surface area contributed by atoms with E-state index in [1.165, 1.54) is 27.2 Å². The fourth-order valence-electron chi connectivity index (χ4n) is 2.84. The van der Waals surface area contributed by atoms with Crippen molar-refractivity contribution in [1.29, 1.82) is 0 Å². The maximum Gasteiger partial charge on any atom is 0.247 e. The third kappa shape index (κ3) is 4.75. The minimum atomic E-state index is -3.74. The Morgan fingerprint density at radius 1 is 1.00 bits per heavy atom. The lowest BCUT2D eigenvalue weighted by atomic mass is 10.1. The molecule has 0 aliphatic rings. The number of hydrogen-bond donors (Lipinski definition) is 1. The first-order valence-corrected chi connectivity index (χ1v) is 10.5. The first kappa shape index (κ1) is 21.6. The molecule has 152 valence electrons. The number of nitrogens with one attached hydrogen (secondary N) is 1. The van der Waals surface area contributed by atoms with Crippen LogP contribution in [0.2, 0.25) is 0 Å². The second-order valence-electron chi connectivity index (χ2n) is 6.56. The Morgan fingerprint density at radius 2 is 1.64 bits per heavy atom. The van der Waals surface area contributed by atoms with E-state index >= 15 is 0 Å². The van der Waals surface area contributed by atoms with Gasteiger partial charge in [0, 0.05) is 11.8 Å². The minimum Gasteiger partial charge on any atom is -0.493 e. The van der Waals surface area contributed by atoms with Gasteiger partial charge in [-0.25, -0.2) is 8.42 Å². The van der Waals surface area contributed by atoms with E-state index in [1.807, 2.05) is 26.0 Å². The third-order valence-electron chi connectivity index (χ3n) is 4.48. The van der Waals surface area contributed by atoms with Crippen molar-refractivity contribution in [2.24, 2.45) is 0 Å². The molecular weight excluding hydrogens is 380 g/mol. The zero-order valence-electron chi connectivity index (χ0n) is 16.9. The van der Waals surface area contributed by atoms with Gasteiger partial charge in [0.05, 0.1) is 26.2 Å². The molecule has 0 bridgehead atoms. The zero-order valence-corrected chi connectivity index (χ0v) is 17.8. The molecular formula is C20H26N2O5S. The molecule has 2 aromatic carbocycles. The number of nitrogens with zero attached hydrogens (tertiary/aromatic N) is 1. The number of anilines is 2. The van der Waals surface area contributed by atoms with Gasteiger partial charge in [0.1, 0.15) is 6.04 Å². The first-order valence-electron chi connectivity index (χ1n) is 8.68. The van der Waals surface area contributed by atoms with E-state index in [4.69, 9.17) is 9.47 Å². The van der Waals surface area contributed by atoms with Crippen LogP contribution in [0.25, 0.3) is 0 Å².